The number of nitrogens with zero attached hydrogens (tertiary/aromatic N) is 1. The van der Waals surface area contributed by atoms with E-state index < -0.39 is 22.2 Å². The minimum atomic E-state index is -1.22. The van der Waals surface area contributed by atoms with Crippen LogP contribution in [-0.2, 0) is 6.54 Å². The summed E-state index contributed by atoms with van der Waals surface area (Å²) in [4.78, 5) is 9.68. The average Bonchev–Trinajstić information content (AvgIpc) is 2.67. The van der Waals surface area contributed by atoms with Gasteiger partial charge in [-0.15, -0.1) is 0 Å². The van der Waals surface area contributed by atoms with Gasteiger partial charge in [0.1, 0.15) is 11.6 Å². The zero-order valence-corrected chi connectivity index (χ0v) is 12.8. The monoisotopic (exact) mass is 410 g/mol. The van der Waals surface area contributed by atoms with Crippen LogP contribution in [0, 0.1) is 21.7 Å². The summed E-state index contributed by atoms with van der Waals surface area (Å²) < 4.78 is 33.1. The van der Waals surface area contributed by atoms with Gasteiger partial charge in [0.2, 0.25) is 5.82 Å². The fraction of sp³-hybridized carbons (Fsp3) is 0.0909. The van der Waals surface area contributed by atoms with E-state index in [9.17, 15) is 18.9 Å². The molecule has 20 heavy (non-hydrogen) atoms. The van der Waals surface area contributed by atoms with Gasteiger partial charge in [0.15, 0.2) is 4.67 Å². The first-order valence-corrected chi connectivity index (χ1v) is 6.78. The average molecular weight is 412 g/mol. The maximum atomic E-state index is 13.5. The molecule has 0 amide bonds. The lowest BCUT2D eigenvalue weighted by Crippen LogP contribution is -2.03. The van der Waals surface area contributed by atoms with Crippen LogP contribution in [-0.4, -0.2) is 4.92 Å². The Morgan fingerprint density at radius 3 is 2.50 bits per heavy atom. The van der Waals surface area contributed by atoms with Crippen molar-refractivity contribution in [2.45, 2.75) is 6.54 Å². The van der Waals surface area contributed by atoms with E-state index in [2.05, 4.69) is 37.2 Å². The molecule has 0 saturated heterocycles. The van der Waals surface area contributed by atoms with E-state index in [1.807, 2.05) is 0 Å². The molecule has 0 bridgehead atoms. The first kappa shape index (κ1) is 14.9. The van der Waals surface area contributed by atoms with E-state index in [0.29, 0.717) is 21.0 Å². The molecule has 0 fully saturated rings. The lowest BCUT2D eigenvalue weighted by Gasteiger charge is -2.06. The molecule has 0 saturated carbocycles. The third-order valence-electron chi connectivity index (χ3n) is 2.38. The third kappa shape index (κ3) is 3.15. The maximum Gasteiger partial charge on any atom is 0.307 e. The van der Waals surface area contributed by atoms with E-state index in [4.69, 9.17) is 4.42 Å². The number of hydrogen-bond donors (Lipinski definition) is 1. The number of furan rings is 1. The van der Waals surface area contributed by atoms with Crippen molar-refractivity contribution in [2.75, 3.05) is 5.32 Å². The van der Waals surface area contributed by atoms with Gasteiger partial charge in [0, 0.05) is 12.1 Å². The van der Waals surface area contributed by atoms with Crippen molar-refractivity contribution < 1.29 is 18.1 Å². The summed E-state index contributed by atoms with van der Waals surface area (Å²) in [5, 5.41) is 13.2. The molecule has 0 unspecified atom stereocenters. The van der Waals surface area contributed by atoms with Crippen LogP contribution in [0.1, 0.15) is 5.76 Å². The number of benzene rings is 1. The van der Waals surface area contributed by atoms with Gasteiger partial charge in [0.25, 0.3) is 0 Å². The number of nitrogens with one attached hydrogen (secondary N) is 1. The molecule has 1 heterocycles. The van der Waals surface area contributed by atoms with Crippen LogP contribution < -0.4 is 5.32 Å². The molecule has 106 valence electrons. The van der Waals surface area contributed by atoms with Crippen LogP contribution >= 0.6 is 31.9 Å². The van der Waals surface area contributed by atoms with Gasteiger partial charge in [-0.25, -0.2) is 4.39 Å². The van der Waals surface area contributed by atoms with Gasteiger partial charge >= 0.3 is 5.69 Å². The van der Waals surface area contributed by atoms with Crippen LogP contribution in [0.15, 0.2) is 31.8 Å². The molecule has 2 aromatic rings. The van der Waals surface area contributed by atoms with Gasteiger partial charge in [0.05, 0.1) is 21.6 Å². The second kappa shape index (κ2) is 5.88. The van der Waals surface area contributed by atoms with Gasteiger partial charge in [-0.2, -0.15) is 4.39 Å². The largest absolute Gasteiger partial charge is 0.451 e. The fourth-order valence-electron chi connectivity index (χ4n) is 1.47. The topological polar surface area (TPSA) is 68.3 Å². The number of anilines is 1. The summed E-state index contributed by atoms with van der Waals surface area (Å²) in [5.41, 5.74) is -0.975. The van der Waals surface area contributed by atoms with Crippen LogP contribution in [0.3, 0.4) is 0 Å². The molecule has 1 aromatic heterocycles. The molecule has 2 rings (SSSR count). The van der Waals surface area contributed by atoms with Crippen molar-refractivity contribution in [1.82, 2.24) is 0 Å². The Morgan fingerprint density at radius 1 is 1.25 bits per heavy atom. The Labute approximate surface area is 128 Å². The molecule has 0 aliphatic heterocycles. The van der Waals surface area contributed by atoms with Gasteiger partial charge in [-0.1, -0.05) is 0 Å². The standard InChI is InChI=1S/C11H6Br2F2N2O3/c12-6-1-5(20-11(6)13)4-16-9-3-10(17(18)19)8(15)2-7(9)14/h1-3,16H,4H2. The van der Waals surface area contributed by atoms with E-state index in [-0.39, 0.29) is 12.2 Å². The van der Waals surface area contributed by atoms with E-state index in [1.165, 1.54) is 0 Å². The second-order valence-electron chi connectivity index (χ2n) is 3.73. The molecule has 1 aromatic carbocycles. The predicted octanol–water partition coefficient (Wildman–Crippen LogP) is 4.60. The minimum Gasteiger partial charge on any atom is -0.451 e. The van der Waals surface area contributed by atoms with E-state index in [0.717, 1.165) is 6.07 Å². The highest BCUT2D eigenvalue weighted by Crippen LogP contribution is 2.28. The molecule has 9 heteroatoms. The quantitative estimate of drug-likeness (QED) is 0.589. The zero-order valence-electron chi connectivity index (χ0n) is 9.62. The number of rotatable bonds is 4. The fourth-order valence-corrected chi connectivity index (χ4v) is 2.13. The second-order valence-corrected chi connectivity index (χ2v) is 5.30. The number of hydrogen-bond acceptors (Lipinski definition) is 4. The normalized spacial score (nSPS) is 10.6. The van der Waals surface area contributed by atoms with Crippen LogP contribution in [0.2, 0.25) is 0 Å². The summed E-state index contributed by atoms with van der Waals surface area (Å²) in [6.07, 6.45) is 0. The molecule has 5 nitrogen and oxygen atoms in total. The van der Waals surface area contributed by atoms with Gasteiger partial charge in [-0.05, 0) is 37.9 Å². The van der Waals surface area contributed by atoms with Crippen LogP contribution in [0.5, 0.6) is 0 Å². The minimum absolute atomic E-state index is 0.0872. The number of nitro benzene ring substituents is 1. The summed E-state index contributed by atoms with van der Waals surface area (Å²) >= 11 is 6.36. The number of halogens is 4. The maximum absolute atomic E-state index is 13.5. The van der Waals surface area contributed by atoms with Gasteiger partial charge in [-0.3, -0.25) is 10.1 Å². The first-order valence-electron chi connectivity index (χ1n) is 5.19. The zero-order chi connectivity index (χ0) is 14.9. The summed E-state index contributed by atoms with van der Waals surface area (Å²) in [7, 11) is 0. The van der Waals surface area contributed by atoms with E-state index in [1.54, 1.807) is 6.07 Å². The molecular formula is C11H6Br2F2N2O3. The predicted molar refractivity (Wildman–Crippen MR) is 74.4 cm³/mol. The lowest BCUT2D eigenvalue weighted by atomic mass is 10.2. The summed E-state index contributed by atoms with van der Waals surface area (Å²) in [5.74, 6) is -1.67. The molecule has 0 atom stereocenters. The van der Waals surface area contributed by atoms with Gasteiger partial charge < -0.3 is 9.73 Å². The highest BCUT2D eigenvalue weighted by Gasteiger charge is 2.18. The Balaban J connectivity index is 2.21. The Bertz CT molecular complexity index is 656. The van der Waals surface area contributed by atoms with Crippen molar-refractivity contribution in [3.05, 3.63) is 54.9 Å². The molecule has 1 N–H and O–H groups in total. The summed E-state index contributed by atoms with van der Waals surface area (Å²) in [6, 6.07) is 2.92. The SMILES string of the molecule is O=[N+]([O-])c1cc(NCc2cc(Br)c(Br)o2)c(F)cc1F. The van der Waals surface area contributed by atoms with Crippen LogP contribution in [0.4, 0.5) is 20.2 Å². The van der Waals surface area contributed by atoms with Crippen molar-refractivity contribution >= 4 is 43.2 Å². The van der Waals surface area contributed by atoms with Crippen molar-refractivity contribution in [2.24, 2.45) is 0 Å². The van der Waals surface area contributed by atoms with Crippen molar-refractivity contribution in [1.29, 1.82) is 0 Å². The Morgan fingerprint density at radius 2 is 1.95 bits per heavy atom. The van der Waals surface area contributed by atoms with Crippen molar-refractivity contribution in [3.63, 3.8) is 0 Å². The summed E-state index contributed by atoms with van der Waals surface area (Å²) in [6.45, 7) is 0.0872. The molecule has 0 spiro atoms. The van der Waals surface area contributed by atoms with Crippen LogP contribution in [0.25, 0.3) is 0 Å². The van der Waals surface area contributed by atoms with Crippen molar-refractivity contribution in [3.8, 4) is 0 Å². The highest BCUT2D eigenvalue weighted by molar-refractivity contribution is 9.13. The highest BCUT2D eigenvalue weighted by atomic mass is 79.9. The Kier molecular flexibility index (Phi) is 4.39. The molecular weight excluding hydrogens is 406 g/mol. The first-order chi connectivity index (χ1) is 9.38. The molecule has 0 aliphatic rings. The smallest absolute Gasteiger partial charge is 0.307 e. The Hall–Kier alpha value is -1.48. The third-order valence-corrected chi connectivity index (χ3v) is 4.09. The number of nitro groups is 1. The van der Waals surface area contributed by atoms with E-state index >= 15 is 0 Å². The lowest BCUT2D eigenvalue weighted by molar-refractivity contribution is -0.387. The molecule has 0 aliphatic carbocycles. The molecule has 0 radical (unpaired) electrons.